The predicted molar refractivity (Wildman–Crippen MR) is 122 cm³/mol. The smallest absolute Gasteiger partial charge is 0.238 e. The second kappa shape index (κ2) is 8.13. The molecule has 0 bridgehead atoms. The van der Waals surface area contributed by atoms with Gasteiger partial charge in [-0.3, -0.25) is 9.69 Å². The number of hydrogen-bond acceptors (Lipinski definition) is 6. The van der Waals surface area contributed by atoms with Gasteiger partial charge in [0.25, 0.3) is 0 Å². The molecule has 2 aromatic heterocycles. The number of anilines is 2. The second-order valence-corrected chi connectivity index (χ2v) is 8.02. The summed E-state index contributed by atoms with van der Waals surface area (Å²) in [6.07, 6.45) is 0. The summed E-state index contributed by atoms with van der Waals surface area (Å²) in [6.45, 7) is 5.21. The molecule has 3 heterocycles. The minimum Gasteiger partial charge on any atom is -0.338 e. The number of benzene rings is 2. The van der Waals surface area contributed by atoms with Gasteiger partial charge in [0.2, 0.25) is 11.9 Å². The summed E-state index contributed by atoms with van der Waals surface area (Å²) in [5.74, 6) is 1.43. The molecule has 1 aliphatic rings. The topological polar surface area (TPSA) is 78.7 Å². The maximum atomic E-state index is 12.4. The maximum Gasteiger partial charge on any atom is 0.238 e. The van der Waals surface area contributed by atoms with Crippen molar-refractivity contribution >= 4 is 45.7 Å². The maximum absolute atomic E-state index is 12.4. The molecule has 2 aromatic carbocycles. The van der Waals surface area contributed by atoms with E-state index in [1.807, 2.05) is 47.8 Å². The van der Waals surface area contributed by atoms with Gasteiger partial charge in [0.15, 0.2) is 5.65 Å². The van der Waals surface area contributed by atoms with Gasteiger partial charge in [0.1, 0.15) is 5.82 Å². The van der Waals surface area contributed by atoms with Crippen LogP contribution in [0.1, 0.15) is 5.82 Å². The van der Waals surface area contributed by atoms with Crippen molar-refractivity contribution in [2.45, 2.75) is 6.92 Å². The molecule has 1 N–H and O–H groups in total. The Morgan fingerprint density at radius 3 is 2.58 bits per heavy atom. The van der Waals surface area contributed by atoms with Gasteiger partial charge in [-0.1, -0.05) is 35.9 Å². The lowest BCUT2D eigenvalue weighted by molar-refractivity contribution is -0.117. The van der Waals surface area contributed by atoms with Gasteiger partial charge in [-0.2, -0.15) is 4.52 Å². The van der Waals surface area contributed by atoms with Gasteiger partial charge >= 0.3 is 0 Å². The first-order valence-corrected chi connectivity index (χ1v) is 10.6. The van der Waals surface area contributed by atoms with Crippen molar-refractivity contribution in [2.75, 3.05) is 42.9 Å². The highest BCUT2D eigenvalue weighted by molar-refractivity contribution is 6.33. The van der Waals surface area contributed by atoms with Crippen LogP contribution < -0.4 is 10.2 Å². The zero-order valence-electron chi connectivity index (χ0n) is 17.1. The molecule has 1 amide bonds. The molecule has 158 valence electrons. The summed E-state index contributed by atoms with van der Waals surface area (Å²) >= 11 is 6.13. The number of nitrogens with zero attached hydrogens (tertiary/aromatic N) is 6. The van der Waals surface area contributed by atoms with Crippen molar-refractivity contribution in [3.8, 4) is 0 Å². The average molecular weight is 436 g/mol. The van der Waals surface area contributed by atoms with Crippen molar-refractivity contribution in [2.24, 2.45) is 0 Å². The van der Waals surface area contributed by atoms with E-state index in [0.29, 0.717) is 23.1 Å². The summed E-state index contributed by atoms with van der Waals surface area (Å²) in [5.41, 5.74) is 2.36. The van der Waals surface area contributed by atoms with E-state index >= 15 is 0 Å². The number of rotatable bonds is 4. The summed E-state index contributed by atoms with van der Waals surface area (Å²) in [5, 5.41) is 8.98. The van der Waals surface area contributed by atoms with Crippen LogP contribution in [0.15, 0.2) is 48.5 Å². The van der Waals surface area contributed by atoms with Crippen LogP contribution in [0.4, 0.5) is 11.6 Å². The van der Waals surface area contributed by atoms with Crippen LogP contribution >= 0.6 is 11.6 Å². The van der Waals surface area contributed by atoms with Gasteiger partial charge in [-0.15, -0.1) is 5.10 Å². The number of amides is 1. The van der Waals surface area contributed by atoms with E-state index in [-0.39, 0.29) is 5.91 Å². The molecule has 0 radical (unpaired) electrons. The molecule has 1 saturated heterocycles. The van der Waals surface area contributed by atoms with Crippen LogP contribution in [0.5, 0.6) is 0 Å². The summed E-state index contributed by atoms with van der Waals surface area (Å²) < 4.78 is 1.83. The number of aromatic nitrogens is 4. The lowest BCUT2D eigenvalue weighted by atomic mass is 10.2. The van der Waals surface area contributed by atoms with E-state index in [2.05, 4.69) is 25.2 Å². The van der Waals surface area contributed by atoms with Gasteiger partial charge in [-0.05, 0) is 31.2 Å². The van der Waals surface area contributed by atoms with E-state index in [1.54, 1.807) is 12.1 Å². The normalized spacial score (nSPS) is 15.0. The average Bonchev–Trinajstić information content (AvgIpc) is 3.17. The van der Waals surface area contributed by atoms with Crippen molar-refractivity contribution in [1.82, 2.24) is 24.5 Å². The molecule has 5 rings (SSSR count). The Balaban J connectivity index is 1.30. The number of halogens is 1. The quantitative estimate of drug-likeness (QED) is 0.531. The van der Waals surface area contributed by atoms with Crippen LogP contribution in [0.25, 0.3) is 16.6 Å². The standard InChI is InChI=1S/C22H22ClN7O/c1-15-24-21-16-6-2-4-8-18(16)26-22(30(21)27-15)29-12-10-28(11-13-29)14-20(31)25-19-9-5-3-7-17(19)23/h2-9H,10-14H2,1H3,(H,25,31). The van der Waals surface area contributed by atoms with Crippen LogP contribution in [-0.2, 0) is 4.79 Å². The molecular weight excluding hydrogens is 414 g/mol. The molecule has 1 aliphatic heterocycles. The molecule has 8 nitrogen and oxygen atoms in total. The molecule has 0 unspecified atom stereocenters. The largest absolute Gasteiger partial charge is 0.338 e. The first kappa shape index (κ1) is 19.7. The molecule has 0 spiro atoms. The number of piperazine rings is 1. The number of carbonyl (C=O) groups excluding carboxylic acids is 1. The van der Waals surface area contributed by atoms with Gasteiger partial charge in [0.05, 0.1) is 22.8 Å². The molecule has 0 saturated carbocycles. The highest BCUT2D eigenvalue weighted by Gasteiger charge is 2.23. The summed E-state index contributed by atoms with van der Waals surface area (Å²) in [6, 6.07) is 15.2. The van der Waals surface area contributed by atoms with E-state index in [0.717, 1.165) is 48.7 Å². The Hall–Kier alpha value is -3.23. The van der Waals surface area contributed by atoms with Crippen molar-refractivity contribution < 1.29 is 4.79 Å². The minimum atomic E-state index is -0.0697. The van der Waals surface area contributed by atoms with E-state index in [9.17, 15) is 4.79 Å². The summed E-state index contributed by atoms with van der Waals surface area (Å²) in [7, 11) is 0. The third-order valence-electron chi connectivity index (χ3n) is 5.44. The van der Waals surface area contributed by atoms with E-state index < -0.39 is 0 Å². The van der Waals surface area contributed by atoms with Gasteiger partial charge in [-0.25, -0.2) is 9.97 Å². The highest BCUT2D eigenvalue weighted by atomic mass is 35.5. The Labute approximate surface area is 184 Å². The minimum absolute atomic E-state index is 0.0697. The zero-order chi connectivity index (χ0) is 21.4. The molecule has 1 fully saturated rings. The first-order chi connectivity index (χ1) is 15.1. The summed E-state index contributed by atoms with van der Waals surface area (Å²) in [4.78, 5) is 26.3. The molecule has 0 atom stereocenters. The number of nitrogens with one attached hydrogen (secondary N) is 1. The number of carbonyl (C=O) groups is 1. The monoisotopic (exact) mass is 435 g/mol. The third kappa shape index (κ3) is 3.92. The van der Waals surface area contributed by atoms with E-state index in [1.165, 1.54) is 0 Å². The first-order valence-electron chi connectivity index (χ1n) is 10.2. The second-order valence-electron chi connectivity index (χ2n) is 7.61. The molecule has 9 heteroatoms. The highest BCUT2D eigenvalue weighted by Crippen LogP contribution is 2.24. The zero-order valence-corrected chi connectivity index (χ0v) is 17.9. The van der Waals surface area contributed by atoms with Crippen LogP contribution in [0, 0.1) is 6.92 Å². The SMILES string of the molecule is Cc1nc2c3ccccc3nc(N3CCN(CC(=O)Nc4ccccc4Cl)CC3)n2n1. The predicted octanol–water partition coefficient (Wildman–Crippen LogP) is 3.00. The number of fused-ring (bicyclic) bond motifs is 3. The van der Waals surface area contributed by atoms with Crippen molar-refractivity contribution in [3.63, 3.8) is 0 Å². The number of aryl methyl sites for hydroxylation is 1. The lowest BCUT2D eigenvalue weighted by Gasteiger charge is -2.34. The molecular formula is C22H22ClN7O. The van der Waals surface area contributed by atoms with Gasteiger partial charge in [0, 0.05) is 31.6 Å². The molecule has 4 aromatic rings. The van der Waals surface area contributed by atoms with Crippen LogP contribution in [-0.4, -0.2) is 63.1 Å². The van der Waals surface area contributed by atoms with Gasteiger partial charge < -0.3 is 10.2 Å². The Morgan fingerprint density at radius 2 is 1.77 bits per heavy atom. The van der Waals surface area contributed by atoms with Crippen molar-refractivity contribution in [1.29, 1.82) is 0 Å². The van der Waals surface area contributed by atoms with E-state index in [4.69, 9.17) is 16.6 Å². The fraction of sp³-hybridized carbons (Fsp3) is 0.273. The Bertz CT molecular complexity index is 1260. The Morgan fingerprint density at radius 1 is 1.03 bits per heavy atom. The fourth-order valence-corrected chi connectivity index (χ4v) is 4.09. The Kier molecular flexibility index (Phi) is 5.17. The van der Waals surface area contributed by atoms with Crippen LogP contribution in [0.3, 0.4) is 0 Å². The number of para-hydroxylation sites is 2. The fourth-order valence-electron chi connectivity index (χ4n) is 3.91. The van der Waals surface area contributed by atoms with Crippen molar-refractivity contribution in [3.05, 3.63) is 59.4 Å². The lowest BCUT2D eigenvalue weighted by Crippen LogP contribution is -2.49. The molecule has 0 aliphatic carbocycles. The molecule has 31 heavy (non-hydrogen) atoms. The van der Waals surface area contributed by atoms with Crippen LogP contribution in [0.2, 0.25) is 5.02 Å². The third-order valence-corrected chi connectivity index (χ3v) is 5.77. The number of hydrogen-bond donors (Lipinski definition) is 1.